The van der Waals surface area contributed by atoms with Crippen molar-refractivity contribution < 1.29 is 9.90 Å². The molecule has 0 radical (unpaired) electrons. The summed E-state index contributed by atoms with van der Waals surface area (Å²) >= 11 is 0. The fraction of sp³-hybridized carbons (Fsp3) is 0.263. The minimum atomic E-state index is -0.646. The average molecular weight is 323 g/mol. The Bertz CT molecular complexity index is 842. The summed E-state index contributed by atoms with van der Waals surface area (Å²) in [6.45, 7) is 3.76. The first-order valence-corrected chi connectivity index (χ1v) is 8.01. The van der Waals surface area contributed by atoms with Crippen LogP contribution in [0, 0.1) is 0 Å². The van der Waals surface area contributed by atoms with Crippen LogP contribution in [0.3, 0.4) is 0 Å². The molecular formula is C19H21N3O2. The normalized spacial score (nSPS) is 13.6. The Morgan fingerprint density at radius 3 is 2.54 bits per heavy atom. The van der Waals surface area contributed by atoms with Gasteiger partial charge in [0.2, 0.25) is 5.91 Å². The van der Waals surface area contributed by atoms with Crippen molar-refractivity contribution in [3.8, 4) is 0 Å². The zero-order valence-electron chi connectivity index (χ0n) is 13.8. The molecule has 0 fully saturated rings. The number of nitrogens with zero attached hydrogens (tertiary/aromatic N) is 2. The molecule has 0 unspecified atom stereocenters. The number of aliphatic hydroxyl groups excluding tert-OH is 1. The number of aromatic nitrogens is 2. The Morgan fingerprint density at radius 1 is 1.17 bits per heavy atom. The van der Waals surface area contributed by atoms with E-state index in [4.69, 9.17) is 0 Å². The average Bonchev–Trinajstić information content (AvgIpc) is 2.94. The van der Waals surface area contributed by atoms with E-state index in [9.17, 15) is 9.90 Å². The second-order valence-electron chi connectivity index (χ2n) is 5.92. The molecule has 0 aliphatic carbocycles. The maximum Gasteiger partial charge on any atom is 0.217 e. The molecule has 2 atom stereocenters. The highest BCUT2D eigenvalue weighted by molar-refractivity contribution is 5.77. The van der Waals surface area contributed by atoms with Gasteiger partial charge in [-0.25, -0.2) is 4.98 Å². The van der Waals surface area contributed by atoms with Crippen LogP contribution < -0.4 is 5.32 Å². The van der Waals surface area contributed by atoms with Gasteiger partial charge >= 0.3 is 0 Å². The fourth-order valence-corrected chi connectivity index (χ4v) is 2.94. The Balaban J connectivity index is 1.99. The highest BCUT2D eigenvalue weighted by atomic mass is 16.3. The van der Waals surface area contributed by atoms with E-state index in [1.54, 1.807) is 0 Å². The van der Waals surface area contributed by atoms with Gasteiger partial charge in [0.15, 0.2) is 0 Å². The standard InChI is InChI=1S/C19H21N3O2/c1-13(20-14(2)23)19-21-16-10-6-7-11-17(16)22(19)12-18(24)15-8-4-3-5-9-15/h3-11,13,18,24H,12H2,1-2H3,(H,20,23)/t13-,18+/m0/s1. The van der Waals surface area contributed by atoms with Gasteiger partial charge in [0.25, 0.3) is 0 Å². The van der Waals surface area contributed by atoms with E-state index < -0.39 is 6.10 Å². The molecule has 1 amide bonds. The SMILES string of the molecule is CC(=O)N[C@@H](C)c1nc2ccccc2n1C[C@@H](O)c1ccccc1. The smallest absolute Gasteiger partial charge is 0.217 e. The number of hydrogen-bond donors (Lipinski definition) is 2. The Kier molecular flexibility index (Phi) is 4.62. The van der Waals surface area contributed by atoms with E-state index in [0.29, 0.717) is 6.54 Å². The molecule has 24 heavy (non-hydrogen) atoms. The number of carbonyl (C=O) groups is 1. The number of para-hydroxylation sites is 2. The molecule has 3 rings (SSSR count). The molecule has 0 aliphatic rings. The molecule has 124 valence electrons. The second-order valence-corrected chi connectivity index (χ2v) is 5.92. The Labute approximate surface area is 141 Å². The van der Waals surface area contributed by atoms with E-state index in [1.807, 2.05) is 66.1 Å². The number of amides is 1. The van der Waals surface area contributed by atoms with Crippen LogP contribution in [0.15, 0.2) is 54.6 Å². The molecule has 0 saturated carbocycles. The molecule has 0 spiro atoms. The van der Waals surface area contributed by atoms with Crippen LogP contribution in [0.2, 0.25) is 0 Å². The third-order valence-electron chi connectivity index (χ3n) is 4.03. The molecule has 1 heterocycles. The predicted molar refractivity (Wildman–Crippen MR) is 93.4 cm³/mol. The Morgan fingerprint density at radius 2 is 1.83 bits per heavy atom. The fourth-order valence-electron chi connectivity index (χ4n) is 2.94. The van der Waals surface area contributed by atoms with Gasteiger partial charge in [-0.3, -0.25) is 4.79 Å². The summed E-state index contributed by atoms with van der Waals surface area (Å²) in [5, 5.41) is 13.5. The summed E-state index contributed by atoms with van der Waals surface area (Å²) in [5.74, 6) is 0.631. The van der Waals surface area contributed by atoms with Gasteiger partial charge in [0.05, 0.1) is 29.7 Å². The summed E-state index contributed by atoms with van der Waals surface area (Å²) in [7, 11) is 0. The van der Waals surface area contributed by atoms with Crippen molar-refractivity contribution >= 4 is 16.9 Å². The Hall–Kier alpha value is -2.66. The van der Waals surface area contributed by atoms with Gasteiger partial charge in [0.1, 0.15) is 5.82 Å². The van der Waals surface area contributed by atoms with Gasteiger partial charge in [-0.05, 0) is 24.6 Å². The molecule has 3 aromatic rings. The van der Waals surface area contributed by atoms with E-state index in [0.717, 1.165) is 22.4 Å². The summed E-state index contributed by atoms with van der Waals surface area (Å²) in [6.07, 6.45) is -0.646. The maximum absolute atomic E-state index is 11.4. The van der Waals surface area contributed by atoms with Crippen LogP contribution in [0.1, 0.15) is 37.4 Å². The first-order chi connectivity index (χ1) is 11.6. The second kappa shape index (κ2) is 6.84. The number of aliphatic hydroxyl groups is 1. The third-order valence-corrected chi connectivity index (χ3v) is 4.03. The molecule has 1 aromatic heterocycles. The summed E-state index contributed by atoms with van der Waals surface area (Å²) in [4.78, 5) is 16.0. The highest BCUT2D eigenvalue weighted by Crippen LogP contribution is 2.24. The molecule has 2 aromatic carbocycles. The minimum Gasteiger partial charge on any atom is -0.387 e. The molecule has 5 heteroatoms. The van der Waals surface area contributed by atoms with Crippen molar-refractivity contribution in [3.05, 3.63) is 66.0 Å². The van der Waals surface area contributed by atoms with Crippen LogP contribution in [0.4, 0.5) is 0 Å². The van der Waals surface area contributed by atoms with Crippen LogP contribution in [0.25, 0.3) is 11.0 Å². The van der Waals surface area contributed by atoms with Crippen LogP contribution >= 0.6 is 0 Å². The molecule has 5 nitrogen and oxygen atoms in total. The maximum atomic E-state index is 11.4. The molecular weight excluding hydrogens is 302 g/mol. The number of imidazole rings is 1. The lowest BCUT2D eigenvalue weighted by Crippen LogP contribution is -2.27. The van der Waals surface area contributed by atoms with Crippen molar-refractivity contribution in [1.29, 1.82) is 0 Å². The predicted octanol–water partition coefficient (Wildman–Crippen LogP) is 2.97. The number of hydrogen-bond acceptors (Lipinski definition) is 3. The molecule has 0 aliphatic heterocycles. The van der Waals surface area contributed by atoms with E-state index >= 15 is 0 Å². The summed E-state index contributed by atoms with van der Waals surface area (Å²) < 4.78 is 1.98. The van der Waals surface area contributed by atoms with Gasteiger partial charge in [-0.1, -0.05) is 42.5 Å². The molecule has 0 saturated heterocycles. The van der Waals surface area contributed by atoms with Crippen LogP contribution in [-0.4, -0.2) is 20.6 Å². The van der Waals surface area contributed by atoms with Crippen LogP contribution in [0.5, 0.6) is 0 Å². The van der Waals surface area contributed by atoms with Gasteiger partial charge in [-0.2, -0.15) is 0 Å². The van der Waals surface area contributed by atoms with E-state index in [2.05, 4.69) is 10.3 Å². The molecule has 2 N–H and O–H groups in total. The summed E-state index contributed by atoms with van der Waals surface area (Å²) in [6, 6.07) is 17.1. The van der Waals surface area contributed by atoms with Crippen LogP contribution in [-0.2, 0) is 11.3 Å². The quantitative estimate of drug-likeness (QED) is 0.758. The number of carbonyl (C=O) groups excluding carboxylic acids is 1. The van der Waals surface area contributed by atoms with Gasteiger partial charge < -0.3 is 15.0 Å². The highest BCUT2D eigenvalue weighted by Gasteiger charge is 2.19. The monoisotopic (exact) mass is 323 g/mol. The number of benzene rings is 2. The third kappa shape index (κ3) is 3.31. The first kappa shape index (κ1) is 16.2. The van der Waals surface area contributed by atoms with E-state index in [1.165, 1.54) is 6.92 Å². The lowest BCUT2D eigenvalue weighted by Gasteiger charge is -2.18. The minimum absolute atomic E-state index is 0.107. The van der Waals surface area contributed by atoms with Crippen molar-refractivity contribution in [2.45, 2.75) is 32.5 Å². The zero-order valence-corrected chi connectivity index (χ0v) is 13.8. The largest absolute Gasteiger partial charge is 0.387 e. The molecule has 0 bridgehead atoms. The number of nitrogens with one attached hydrogen (secondary N) is 1. The van der Waals surface area contributed by atoms with Crippen molar-refractivity contribution in [3.63, 3.8) is 0 Å². The van der Waals surface area contributed by atoms with Crippen molar-refractivity contribution in [1.82, 2.24) is 14.9 Å². The van der Waals surface area contributed by atoms with Crippen molar-refractivity contribution in [2.75, 3.05) is 0 Å². The number of fused-ring (bicyclic) bond motifs is 1. The van der Waals surface area contributed by atoms with E-state index in [-0.39, 0.29) is 11.9 Å². The summed E-state index contributed by atoms with van der Waals surface area (Å²) in [5.41, 5.74) is 2.65. The van der Waals surface area contributed by atoms with Crippen molar-refractivity contribution in [2.24, 2.45) is 0 Å². The zero-order chi connectivity index (χ0) is 17.1. The lowest BCUT2D eigenvalue weighted by atomic mass is 10.1. The number of rotatable bonds is 5. The lowest BCUT2D eigenvalue weighted by molar-refractivity contribution is -0.119. The van der Waals surface area contributed by atoms with Gasteiger partial charge in [-0.15, -0.1) is 0 Å². The topological polar surface area (TPSA) is 67.2 Å². The first-order valence-electron chi connectivity index (χ1n) is 8.01. The van der Waals surface area contributed by atoms with Gasteiger partial charge in [0, 0.05) is 6.92 Å².